The first-order valence-corrected chi connectivity index (χ1v) is 7.30. The van der Waals surface area contributed by atoms with Crippen molar-refractivity contribution < 1.29 is 19.0 Å². The van der Waals surface area contributed by atoms with Crippen molar-refractivity contribution in [3.63, 3.8) is 0 Å². The zero-order chi connectivity index (χ0) is 15.4. The number of rotatable bonds is 5. The molecule has 3 rings (SSSR count). The van der Waals surface area contributed by atoms with Crippen LogP contribution in [0.2, 0.25) is 0 Å². The fourth-order valence-electron chi connectivity index (χ4n) is 2.50. The summed E-state index contributed by atoms with van der Waals surface area (Å²) in [5.74, 6) is 1.18. The van der Waals surface area contributed by atoms with Crippen LogP contribution in [0.5, 0.6) is 11.5 Å². The zero-order valence-corrected chi connectivity index (χ0v) is 12.5. The number of carbonyl (C=O) groups is 1. The highest BCUT2D eigenvalue weighted by Gasteiger charge is 2.25. The molecule has 0 aromatic heterocycles. The molecular weight excluding hydrogens is 280 g/mol. The van der Waals surface area contributed by atoms with Crippen molar-refractivity contribution in [2.24, 2.45) is 0 Å². The summed E-state index contributed by atoms with van der Waals surface area (Å²) in [7, 11) is 1.61. The Morgan fingerprint density at radius 3 is 2.64 bits per heavy atom. The third-order valence-electron chi connectivity index (χ3n) is 3.68. The van der Waals surface area contributed by atoms with Crippen LogP contribution in [0.15, 0.2) is 48.5 Å². The zero-order valence-electron chi connectivity index (χ0n) is 12.5. The van der Waals surface area contributed by atoms with E-state index in [-0.39, 0.29) is 12.1 Å². The molecule has 1 aliphatic rings. The molecule has 114 valence electrons. The molecule has 0 radical (unpaired) electrons. The first-order chi connectivity index (χ1) is 10.8. The van der Waals surface area contributed by atoms with Gasteiger partial charge in [0.2, 0.25) is 0 Å². The van der Waals surface area contributed by atoms with Gasteiger partial charge in [-0.1, -0.05) is 36.4 Å². The van der Waals surface area contributed by atoms with Gasteiger partial charge in [0.05, 0.1) is 7.11 Å². The number of methoxy groups -OCH3 is 1. The van der Waals surface area contributed by atoms with E-state index in [2.05, 4.69) is 0 Å². The first-order valence-electron chi connectivity index (χ1n) is 7.30. The van der Waals surface area contributed by atoms with Crippen LogP contribution in [-0.4, -0.2) is 13.1 Å². The topological polar surface area (TPSA) is 44.8 Å². The van der Waals surface area contributed by atoms with Gasteiger partial charge in [0.25, 0.3) is 0 Å². The molecule has 4 heteroatoms. The summed E-state index contributed by atoms with van der Waals surface area (Å²) >= 11 is 0. The fourth-order valence-corrected chi connectivity index (χ4v) is 2.50. The Labute approximate surface area is 129 Å². The molecule has 0 spiro atoms. The monoisotopic (exact) mass is 298 g/mol. The number of carbonyl (C=O) groups excluding carboxylic acids is 1. The van der Waals surface area contributed by atoms with Crippen LogP contribution in [0.4, 0.5) is 0 Å². The lowest BCUT2D eigenvalue weighted by Gasteiger charge is -2.15. The number of hydrogen-bond donors (Lipinski definition) is 0. The Morgan fingerprint density at radius 2 is 1.95 bits per heavy atom. The number of esters is 1. The minimum Gasteiger partial charge on any atom is -0.493 e. The van der Waals surface area contributed by atoms with Crippen molar-refractivity contribution >= 4 is 5.97 Å². The molecule has 1 atom stereocenters. The van der Waals surface area contributed by atoms with Crippen LogP contribution in [0.1, 0.15) is 30.1 Å². The molecule has 0 saturated carbocycles. The molecule has 2 aromatic rings. The van der Waals surface area contributed by atoms with Crippen molar-refractivity contribution in [1.29, 1.82) is 0 Å². The van der Waals surface area contributed by atoms with E-state index in [0.717, 1.165) is 11.1 Å². The molecule has 0 aliphatic carbocycles. The maximum absolute atomic E-state index is 11.2. The van der Waals surface area contributed by atoms with Crippen molar-refractivity contribution in [1.82, 2.24) is 0 Å². The maximum atomic E-state index is 11.2. The summed E-state index contributed by atoms with van der Waals surface area (Å²) in [5, 5.41) is 0. The maximum Gasteiger partial charge on any atom is 0.306 e. The standard InChI is InChI=1S/C18H18O4/c1-20-17-11-14(15-9-10-18(19)22-15)7-8-16(17)21-12-13-5-3-2-4-6-13/h2-8,11,15H,9-10,12H2,1H3. The van der Waals surface area contributed by atoms with Crippen LogP contribution in [-0.2, 0) is 16.1 Å². The van der Waals surface area contributed by atoms with Gasteiger partial charge >= 0.3 is 5.97 Å². The van der Waals surface area contributed by atoms with Crippen molar-refractivity contribution in [2.45, 2.75) is 25.6 Å². The number of hydrogen-bond acceptors (Lipinski definition) is 4. The molecule has 0 amide bonds. The largest absolute Gasteiger partial charge is 0.493 e. The van der Waals surface area contributed by atoms with E-state index in [1.807, 2.05) is 48.5 Å². The van der Waals surface area contributed by atoms with Gasteiger partial charge in [-0.15, -0.1) is 0 Å². The van der Waals surface area contributed by atoms with Crippen LogP contribution in [0, 0.1) is 0 Å². The lowest BCUT2D eigenvalue weighted by molar-refractivity contribution is -0.141. The Kier molecular flexibility index (Phi) is 4.28. The average molecular weight is 298 g/mol. The Hall–Kier alpha value is -2.49. The predicted octanol–water partition coefficient (Wildman–Crippen LogP) is 3.65. The second-order valence-electron chi connectivity index (χ2n) is 5.20. The third-order valence-corrected chi connectivity index (χ3v) is 3.68. The second-order valence-corrected chi connectivity index (χ2v) is 5.20. The van der Waals surface area contributed by atoms with Crippen molar-refractivity contribution in [3.8, 4) is 11.5 Å². The van der Waals surface area contributed by atoms with E-state index in [9.17, 15) is 4.79 Å². The van der Waals surface area contributed by atoms with Gasteiger partial charge in [-0.25, -0.2) is 0 Å². The molecule has 0 N–H and O–H groups in total. The summed E-state index contributed by atoms with van der Waals surface area (Å²) in [6, 6.07) is 15.6. The summed E-state index contributed by atoms with van der Waals surface area (Å²) in [6.07, 6.45) is 1.01. The van der Waals surface area contributed by atoms with Crippen LogP contribution in [0.3, 0.4) is 0 Å². The van der Waals surface area contributed by atoms with Crippen LogP contribution >= 0.6 is 0 Å². The molecule has 0 bridgehead atoms. The lowest BCUT2D eigenvalue weighted by atomic mass is 10.1. The molecule has 1 aliphatic heterocycles. The smallest absolute Gasteiger partial charge is 0.306 e. The van der Waals surface area contributed by atoms with Gasteiger partial charge in [0.1, 0.15) is 12.7 Å². The second kappa shape index (κ2) is 6.52. The summed E-state index contributed by atoms with van der Waals surface area (Å²) in [6.45, 7) is 0.481. The molecule has 1 heterocycles. The third kappa shape index (κ3) is 3.22. The molecular formula is C18H18O4. The SMILES string of the molecule is COc1cc(C2CCC(=O)O2)ccc1OCc1ccccc1. The predicted molar refractivity (Wildman–Crippen MR) is 81.8 cm³/mol. The molecule has 4 nitrogen and oxygen atoms in total. The van der Waals surface area contributed by atoms with E-state index in [1.54, 1.807) is 7.11 Å². The van der Waals surface area contributed by atoms with Gasteiger partial charge < -0.3 is 14.2 Å². The van der Waals surface area contributed by atoms with Gasteiger partial charge in [0.15, 0.2) is 11.5 Å². The normalized spacial score (nSPS) is 17.1. The van der Waals surface area contributed by atoms with E-state index in [1.165, 1.54) is 0 Å². The van der Waals surface area contributed by atoms with Gasteiger partial charge in [-0.05, 0) is 29.7 Å². The van der Waals surface area contributed by atoms with Crippen LogP contribution in [0.25, 0.3) is 0 Å². The van der Waals surface area contributed by atoms with Crippen molar-refractivity contribution in [2.75, 3.05) is 7.11 Å². The Balaban J connectivity index is 1.73. The van der Waals surface area contributed by atoms with E-state index in [0.29, 0.717) is 30.9 Å². The quantitative estimate of drug-likeness (QED) is 0.790. The minimum absolute atomic E-state index is 0.145. The first kappa shape index (κ1) is 14.4. The molecule has 1 saturated heterocycles. The Bertz CT molecular complexity index is 651. The summed E-state index contributed by atoms with van der Waals surface area (Å²) in [5.41, 5.74) is 2.04. The summed E-state index contributed by atoms with van der Waals surface area (Å²) < 4.78 is 16.5. The number of benzene rings is 2. The van der Waals surface area contributed by atoms with Gasteiger partial charge in [0, 0.05) is 6.42 Å². The molecule has 22 heavy (non-hydrogen) atoms. The average Bonchev–Trinajstić information content (AvgIpc) is 3.00. The molecule has 1 unspecified atom stereocenters. The number of ether oxygens (including phenoxy) is 3. The van der Waals surface area contributed by atoms with Crippen molar-refractivity contribution in [3.05, 3.63) is 59.7 Å². The highest BCUT2D eigenvalue weighted by molar-refractivity contribution is 5.71. The molecule has 2 aromatic carbocycles. The Morgan fingerprint density at radius 1 is 1.14 bits per heavy atom. The van der Waals surface area contributed by atoms with E-state index < -0.39 is 0 Å². The highest BCUT2D eigenvalue weighted by atomic mass is 16.5. The number of cyclic esters (lactones) is 1. The summed E-state index contributed by atoms with van der Waals surface area (Å²) in [4.78, 5) is 11.2. The molecule has 1 fully saturated rings. The fraction of sp³-hybridized carbons (Fsp3) is 0.278. The highest BCUT2D eigenvalue weighted by Crippen LogP contribution is 2.35. The van der Waals surface area contributed by atoms with Gasteiger partial charge in [-0.3, -0.25) is 4.79 Å². The van der Waals surface area contributed by atoms with E-state index in [4.69, 9.17) is 14.2 Å². The van der Waals surface area contributed by atoms with E-state index >= 15 is 0 Å². The van der Waals surface area contributed by atoms with Gasteiger partial charge in [-0.2, -0.15) is 0 Å². The minimum atomic E-state index is -0.176. The van der Waals surface area contributed by atoms with Crippen LogP contribution < -0.4 is 9.47 Å². The lowest BCUT2D eigenvalue weighted by Crippen LogP contribution is -2.01.